The Kier molecular flexibility index (Phi) is 4.28. The quantitative estimate of drug-likeness (QED) is 0.713. The summed E-state index contributed by atoms with van der Waals surface area (Å²) in [5.41, 5.74) is 2.27. The summed E-state index contributed by atoms with van der Waals surface area (Å²) in [5.74, 6) is -0.195. The zero-order chi connectivity index (χ0) is 11.9. The molecule has 0 fully saturated rings. The molecule has 2 aromatic carbocycles. The van der Waals surface area contributed by atoms with Gasteiger partial charge in [0.2, 0.25) is 0 Å². The number of hydrogen-bond acceptors (Lipinski definition) is 1. The summed E-state index contributed by atoms with van der Waals surface area (Å²) >= 11 is 0. The van der Waals surface area contributed by atoms with E-state index >= 15 is 0 Å². The second-order valence-corrected chi connectivity index (χ2v) is 3.91. The molecule has 0 saturated carbocycles. The van der Waals surface area contributed by atoms with Crippen LogP contribution in [0, 0.1) is 5.82 Å². The van der Waals surface area contributed by atoms with Crippen LogP contribution in [0.3, 0.4) is 0 Å². The topological polar surface area (TPSA) is 9.23 Å². The van der Waals surface area contributed by atoms with E-state index in [0.29, 0.717) is 13.2 Å². The minimum absolute atomic E-state index is 0.195. The van der Waals surface area contributed by atoms with Gasteiger partial charge in [0.15, 0.2) is 0 Å². The minimum Gasteiger partial charge on any atom is -0.376 e. The van der Waals surface area contributed by atoms with Crippen LogP contribution in [0.5, 0.6) is 0 Å². The lowest BCUT2D eigenvalue weighted by molar-refractivity contribution is 0.124. The number of rotatable bonds is 5. The van der Waals surface area contributed by atoms with Gasteiger partial charge in [0.1, 0.15) is 5.82 Å². The summed E-state index contributed by atoms with van der Waals surface area (Å²) in [6, 6.07) is 16.6. The molecule has 0 bridgehead atoms. The maximum absolute atomic E-state index is 12.7. The molecule has 0 spiro atoms. The Labute approximate surface area is 101 Å². The Morgan fingerprint density at radius 3 is 2.24 bits per heavy atom. The van der Waals surface area contributed by atoms with Crippen LogP contribution in [-0.4, -0.2) is 6.61 Å². The molecule has 0 unspecified atom stereocenters. The third kappa shape index (κ3) is 4.00. The highest BCUT2D eigenvalue weighted by molar-refractivity contribution is 5.16. The number of ether oxygens (including phenoxy) is 1. The fraction of sp³-hybridized carbons (Fsp3) is 0.200. The standard InChI is InChI=1S/C15H15FO/c16-15-8-6-13(7-9-15)10-11-17-12-14-4-2-1-3-5-14/h1-9H,10-12H2. The Hall–Kier alpha value is -1.67. The van der Waals surface area contributed by atoms with Crippen LogP contribution in [-0.2, 0) is 17.8 Å². The number of benzene rings is 2. The van der Waals surface area contributed by atoms with Gasteiger partial charge in [-0.1, -0.05) is 42.5 Å². The van der Waals surface area contributed by atoms with Crippen LogP contribution >= 0.6 is 0 Å². The molecule has 1 nitrogen and oxygen atoms in total. The molecular weight excluding hydrogens is 215 g/mol. The van der Waals surface area contributed by atoms with Gasteiger partial charge >= 0.3 is 0 Å². The lowest BCUT2D eigenvalue weighted by Gasteiger charge is -2.04. The summed E-state index contributed by atoms with van der Waals surface area (Å²) in [5, 5.41) is 0. The van der Waals surface area contributed by atoms with Crippen LogP contribution in [0.15, 0.2) is 54.6 Å². The first-order valence-electron chi connectivity index (χ1n) is 5.71. The molecule has 0 radical (unpaired) electrons. The molecule has 2 heteroatoms. The monoisotopic (exact) mass is 230 g/mol. The predicted molar refractivity (Wildman–Crippen MR) is 66.2 cm³/mol. The smallest absolute Gasteiger partial charge is 0.123 e. The zero-order valence-corrected chi connectivity index (χ0v) is 9.60. The first-order valence-corrected chi connectivity index (χ1v) is 5.71. The van der Waals surface area contributed by atoms with E-state index in [1.807, 2.05) is 30.3 Å². The average Bonchev–Trinajstić information content (AvgIpc) is 2.38. The van der Waals surface area contributed by atoms with Crippen molar-refractivity contribution < 1.29 is 9.13 Å². The third-order valence-electron chi connectivity index (χ3n) is 2.56. The van der Waals surface area contributed by atoms with E-state index in [9.17, 15) is 4.39 Å². The van der Waals surface area contributed by atoms with E-state index in [1.54, 1.807) is 12.1 Å². The molecule has 0 aliphatic carbocycles. The second kappa shape index (κ2) is 6.16. The van der Waals surface area contributed by atoms with Crippen molar-refractivity contribution in [2.45, 2.75) is 13.0 Å². The van der Waals surface area contributed by atoms with Gasteiger partial charge in [0, 0.05) is 0 Å². The maximum Gasteiger partial charge on any atom is 0.123 e. The van der Waals surface area contributed by atoms with Crippen LogP contribution in [0.1, 0.15) is 11.1 Å². The molecule has 0 aliphatic heterocycles. The average molecular weight is 230 g/mol. The second-order valence-electron chi connectivity index (χ2n) is 3.91. The van der Waals surface area contributed by atoms with Gasteiger partial charge in [-0.05, 0) is 29.7 Å². The molecule has 0 heterocycles. The highest BCUT2D eigenvalue weighted by Gasteiger charge is 1.95. The molecule has 0 aliphatic rings. The summed E-state index contributed by atoms with van der Waals surface area (Å²) < 4.78 is 18.2. The molecule has 2 aromatic rings. The molecule has 0 N–H and O–H groups in total. The molecular formula is C15H15FO. The van der Waals surface area contributed by atoms with E-state index < -0.39 is 0 Å². The third-order valence-corrected chi connectivity index (χ3v) is 2.56. The fourth-order valence-electron chi connectivity index (χ4n) is 1.61. The summed E-state index contributed by atoms with van der Waals surface area (Å²) in [6.45, 7) is 1.28. The van der Waals surface area contributed by atoms with E-state index in [2.05, 4.69) is 0 Å². The van der Waals surface area contributed by atoms with E-state index in [1.165, 1.54) is 17.7 Å². The number of halogens is 1. The molecule has 88 valence electrons. The molecule has 2 rings (SSSR count). The highest BCUT2D eigenvalue weighted by atomic mass is 19.1. The van der Waals surface area contributed by atoms with Crippen molar-refractivity contribution in [3.63, 3.8) is 0 Å². The maximum atomic E-state index is 12.7. The molecule has 17 heavy (non-hydrogen) atoms. The van der Waals surface area contributed by atoms with Crippen molar-refractivity contribution >= 4 is 0 Å². The van der Waals surface area contributed by atoms with Crippen molar-refractivity contribution in [3.05, 3.63) is 71.5 Å². The first kappa shape index (κ1) is 11.8. The van der Waals surface area contributed by atoms with Gasteiger partial charge in [-0.2, -0.15) is 0 Å². The van der Waals surface area contributed by atoms with E-state index in [0.717, 1.165) is 12.0 Å². The van der Waals surface area contributed by atoms with Crippen LogP contribution < -0.4 is 0 Å². The van der Waals surface area contributed by atoms with Crippen molar-refractivity contribution in [1.29, 1.82) is 0 Å². The van der Waals surface area contributed by atoms with Gasteiger partial charge in [-0.15, -0.1) is 0 Å². The molecule has 0 atom stereocenters. The summed E-state index contributed by atoms with van der Waals surface area (Å²) in [6.07, 6.45) is 0.813. The van der Waals surface area contributed by atoms with E-state index in [4.69, 9.17) is 4.74 Å². The Morgan fingerprint density at radius 1 is 0.824 bits per heavy atom. The minimum atomic E-state index is -0.195. The fourth-order valence-corrected chi connectivity index (χ4v) is 1.61. The molecule has 0 amide bonds. The van der Waals surface area contributed by atoms with Crippen molar-refractivity contribution in [1.82, 2.24) is 0 Å². The largest absolute Gasteiger partial charge is 0.376 e. The Bertz CT molecular complexity index is 436. The molecule has 0 aromatic heterocycles. The van der Waals surface area contributed by atoms with Crippen LogP contribution in [0.25, 0.3) is 0 Å². The summed E-state index contributed by atoms with van der Waals surface area (Å²) in [4.78, 5) is 0. The highest BCUT2D eigenvalue weighted by Crippen LogP contribution is 2.05. The first-order chi connectivity index (χ1) is 8.34. The lowest BCUT2D eigenvalue weighted by atomic mass is 10.1. The SMILES string of the molecule is Fc1ccc(CCOCc2ccccc2)cc1. The predicted octanol–water partition coefficient (Wildman–Crippen LogP) is 3.59. The lowest BCUT2D eigenvalue weighted by Crippen LogP contribution is -1.99. The normalized spacial score (nSPS) is 10.4. The molecule has 0 saturated heterocycles. The van der Waals surface area contributed by atoms with Gasteiger partial charge in [0.25, 0.3) is 0 Å². The van der Waals surface area contributed by atoms with Crippen molar-refractivity contribution in [2.75, 3.05) is 6.61 Å². The number of hydrogen-bond donors (Lipinski definition) is 0. The van der Waals surface area contributed by atoms with Gasteiger partial charge < -0.3 is 4.74 Å². The van der Waals surface area contributed by atoms with Gasteiger partial charge in [-0.3, -0.25) is 0 Å². The van der Waals surface area contributed by atoms with Gasteiger partial charge in [0.05, 0.1) is 13.2 Å². The van der Waals surface area contributed by atoms with Gasteiger partial charge in [-0.25, -0.2) is 4.39 Å². The van der Waals surface area contributed by atoms with E-state index in [-0.39, 0.29) is 5.82 Å². The Balaban J connectivity index is 1.71. The van der Waals surface area contributed by atoms with Crippen LogP contribution in [0.4, 0.5) is 4.39 Å². The zero-order valence-electron chi connectivity index (χ0n) is 9.60. The summed E-state index contributed by atoms with van der Waals surface area (Å²) in [7, 11) is 0. The van der Waals surface area contributed by atoms with Crippen LogP contribution in [0.2, 0.25) is 0 Å². The Morgan fingerprint density at radius 2 is 1.53 bits per heavy atom. The van der Waals surface area contributed by atoms with Crippen molar-refractivity contribution in [2.24, 2.45) is 0 Å². The van der Waals surface area contributed by atoms with Crippen molar-refractivity contribution in [3.8, 4) is 0 Å².